The van der Waals surface area contributed by atoms with E-state index in [-0.39, 0.29) is 11.7 Å². The van der Waals surface area contributed by atoms with E-state index in [0.717, 1.165) is 6.42 Å². The third-order valence-corrected chi connectivity index (χ3v) is 3.12. The highest BCUT2D eigenvalue weighted by molar-refractivity contribution is 6.02. The standard InChI is InChI=1S/C13H16O3/c1-8-6-11(8)13(14)10-5-4-9(15-2)7-12(10)16-3/h4-5,7-8,11H,6H2,1-3H3. The second kappa shape index (κ2) is 4.16. The number of hydrogen-bond donors (Lipinski definition) is 0. The zero-order valence-corrected chi connectivity index (χ0v) is 9.82. The molecule has 16 heavy (non-hydrogen) atoms. The van der Waals surface area contributed by atoms with Crippen molar-refractivity contribution in [1.29, 1.82) is 0 Å². The molecule has 0 aliphatic heterocycles. The van der Waals surface area contributed by atoms with Crippen molar-refractivity contribution in [2.75, 3.05) is 14.2 Å². The van der Waals surface area contributed by atoms with Gasteiger partial charge in [-0.2, -0.15) is 0 Å². The molecule has 2 unspecified atom stereocenters. The van der Waals surface area contributed by atoms with E-state index >= 15 is 0 Å². The van der Waals surface area contributed by atoms with Crippen LogP contribution in [0.4, 0.5) is 0 Å². The molecule has 1 aliphatic carbocycles. The van der Waals surface area contributed by atoms with Crippen LogP contribution in [0.5, 0.6) is 11.5 Å². The highest BCUT2D eigenvalue weighted by Gasteiger charge is 2.40. The molecular formula is C13H16O3. The van der Waals surface area contributed by atoms with Crippen LogP contribution in [-0.2, 0) is 0 Å². The van der Waals surface area contributed by atoms with Crippen molar-refractivity contribution in [3.8, 4) is 11.5 Å². The van der Waals surface area contributed by atoms with Crippen molar-refractivity contribution >= 4 is 5.78 Å². The third kappa shape index (κ3) is 1.90. The lowest BCUT2D eigenvalue weighted by molar-refractivity contribution is 0.0959. The largest absolute Gasteiger partial charge is 0.497 e. The van der Waals surface area contributed by atoms with Crippen LogP contribution in [0.1, 0.15) is 23.7 Å². The monoisotopic (exact) mass is 220 g/mol. The molecule has 0 saturated heterocycles. The number of rotatable bonds is 4. The summed E-state index contributed by atoms with van der Waals surface area (Å²) < 4.78 is 10.3. The molecule has 0 bridgehead atoms. The lowest BCUT2D eigenvalue weighted by Crippen LogP contribution is -2.05. The summed E-state index contributed by atoms with van der Waals surface area (Å²) in [6, 6.07) is 5.33. The highest BCUT2D eigenvalue weighted by Crippen LogP contribution is 2.42. The van der Waals surface area contributed by atoms with Gasteiger partial charge in [0.1, 0.15) is 11.5 Å². The molecule has 1 fully saturated rings. The number of benzene rings is 1. The van der Waals surface area contributed by atoms with Gasteiger partial charge in [0.25, 0.3) is 0 Å². The van der Waals surface area contributed by atoms with Gasteiger partial charge in [0.05, 0.1) is 19.8 Å². The zero-order chi connectivity index (χ0) is 11.7. The van der Waals surface area contributed by atoms with E-state index in [1.807, 2.05) is 0 Å². The first-order chi connectivity index (χ1) is 7.67. The molecule has 86 valence electrons. The van der Waals surface area contributed by atoms with Gasteiger partial charge in [-0.25, -0.2) is 0 Å². The van der Waals surface area contributed by atoms with Crippen LogP contribution in [0.25, 0.3) is 0 Å². The minimum Gasteiger partial charge on any atom is -0.497 e. The second-order valence-electron chi connectivity index (χ2n) is 4.25. The Hall–Kier alpha value is -1.51. The van der Waals surface area contributed by atoms with E-state index in [9.17, 15) is 4.79 Å². The van der Waals surface area contributed by atoms with E-state index in [1.165, 1.54) is 0 Å². The van der Waals surface area contributed by atoms with Crippen LogP contribution in [0.2, 0.25) is 0 Å². The van der Waals surface area contributed by atoms with E-state index in [0.29, 0.717) is 23.0 Å². The van der Waals surface area contributed by atoms with Gasteiger partial charge in [-0.1, -0.05) is 6.92 Å². The molecule has 0 heterocycles. The Labute approximate surface area is 95.4 Å². The molecule has 1 aliphatic rings. The van der Waals surface area contributed by atoms with E-state index in [2.05, 4.69) is 6.92 Å². The molecule has 1 saturated carbocycles. The molecule has 0 spiro atoms. The quantitative estimate of drug-likeness (QED) is 0.731. The predicted molar refractivity (Wildman–Crippen MR) is 61.1 cm³/mol. The smallest absolute Gasteiger partial charge is 0.169 e. The summed E-state index contributed by atoms with van der Waals surface area (Å²) in [5, 5.41) is 0. The Morgan fingerprint density at radius 2 is 2.00 bits per heavy atom. The zero-order valence-electron chi connectivity index (χ0n) is 9.82. The minimum atomic E-state index is 0.183. The molecule has 0 aromatic heterocycles. The highest BCUT2D eigenvalue weighted by atomic mass is 16.5. The average molecular weight is 220 g/mol. The summed E-state index contributed by atoms with van der Waals surface area (Å²) >= 11 is 0. The van der Waals surface area contributed by atoms with Crippen LogP contribution < -0.4 is 9.47 Å². The van der Waals surface area contributed by atoms with Gasteiger partial charge in [0.15, 0.2) is 5.78 Å². The lowest BCUT2D eigenvalue weighted by atomic mass is 10.0. The Balaban J connectivity index is 2.29. The predicted octanol–water partition coefficient (Wildman–Crippen LogP) is 2.54. The van der Waals surface area contributed by atoms with Gasteiger partial charge in [-0.15, -0.1) is 0 Å². The molecule has 2 atom stereocenters. The van der Waals surface area contributed by atoms with Crippen molar-refractivity contribution in [2.24, 2.45) is 11.8 Å². The summed E-state index contributed by atoms with van der Waals surface area (Å²) in [5.74, 6) is 2.19. The van der Waals surface area contributed by atoms with Crippen LogP contribution in [0.3, 0.4) is 0 Å². The Morgan fingerprint density at radius 1 is 1.31 bits per heavy atom. The number of methoxy groups -OCH3 is 2. The summed E-state index contributed by atoms with van der Waals surface area (Å²) in [5.41, 5.74) is 0.664. The molecule has 3 nitrogen and oxygen atoms in total. The van der Waals surface area contributed by atoms with E-state index < -0.39 is 0 Å². The Kier molecular flexibility index (Phi) is 2.86. The number of Topliss-reactive ketones (excluding diaryl/α,β-unsaturated/α-hetero) is 1. The molecule has 1 aromatic rings. The first kappa shape index (κ1) is 11.0. The van der Waals surface area contributed by atoms with Crippen LogP contribution in [0.15, 0.2) is 18.2 Å². The van der Waals surface area contributed by atoms with Crippen LogP contribution in [-0.4, -0.2) is 20.0 Å². The van der Waals surface area contributed by atoms with Crippen molar-refractivity contribution in [2.45, 2.75) is 13.3 Å². The van der Waals surface area contributed by atoms with Crippen molar-refractivity contribution < 1.29 is 14.3 Å². The summed E-state index contributed by atoms with van der Waals surface area (Å²) in [6.07, 6.45) is 0.994. The summed E-state index contributed by atoms with van der Waals surface area (Å²) in [4.78, 5) is 12.1. The first-order valence-electron chi connectivity index (χ1n) is 5.43. The lowest BCUT2D eigenvalue weighted by Gasteiger charge is -2.09. The fourth-order valence-corrected chi connectivity index (χ4v) is 1.89. The Bertz CT molecular complexity index is 412. The maximum absolute atomic E-state index is 12.1. The van der Waals surface area contributed by atoms with Gasteiger partial charge in [-0.3, -0.25) is 4.79 Å². The molecule has 0 amide bonds. The van der Waals surface area contributed by atoms with Gasteiger partial charge in [0.2, 0.25) is 0 Å². The summed E-state index contributed by atoms with van der Waals surface area (Å²) in [6.45, 7) is 2.10. The first-order valence-corrected chi connectivity index (χ1v) is 5.43. The SMILES string of the molecule is COc1ccc(C(=O)C2CC2C)c(OC)c1. The molecule has 2 rings (SSSR count). The van der Waals surface area contributed by atoms with Crippen LogP contribution >= 0.6 is 0 Å². The second-order valence-corrected chi connectivity index (χ2v) is 4.25. The Morgan fingerprint density at radius 3 is 2.50 bits per heavy atom. The van der Waals surface area contributed by atoms with Gasteiger partial charge in [-0.05, 0) is 24.5 Å². The normalized spacial score (nSPS) is 22.7. The number of carbonyl (C=O) groups excluding carboxylic acids is 1. The van der Waals surface area contributed by atoms with E-state index in [4.69, 9.17) is 9.47 Å². The number of hydrogen-bond acceptors (Lipinski definition) is 3. The van der Waals surface area contributed by atoms with E-state index in [1.54, 1.807) is 32.4 Å². The minimum absolute atomic E-state index is 0.183. The number of ether oxygens (including phenoxy) is 2. The fraction of sp³-hybridized carbons (Fsp3) is 0.462. The van der Waals surface area contributed by atoms with Crippen LogP contribution in [0, 0.1) is 11.8 Å². The summed E-state index contributed by atoms with van der Waals surface area (Å²) in [7, 11) is 3.17. The maximum Gasteiger partial charge on any atom is 0.169 e. The topological polar surface area (TPSA) is 35.5 Å². The van der Waals surface area contributed by atoms with Gasteiger partial charge >= 0.3 is 0 Å². The average Bonchev–Trinajstić information content (AvgIpc) is 3.04. The van der Waals surface area contributed by atoms with Crippen molar-refractivity contribution in [3.05, 3.63) is 23.8 Å². The van der Waals surface area contributed by atoms with Crippen molar-refractivity contribution in [3.63, 3.8) is 0 Å². The van der Waals surface area contributed by atoms with Gasteiger partial charge < -0.3 is 9.47 Å². The number of ketones is 1. The molecule has 0 N–H and O–H groups in total. The maximum atomic E-state index is 12.1. The van der Waals surface area contributed by atoms with Gasteiger partial charge in [0, 0.05) is 12.0 Å². The fourth-order valence-electron chi connectivity index (χ4n) is 1.89. The molecule has 0 radical (unpaired) electrons. The number of carbonyl (C=O) groups is 1. The third-order valence-electron chi connectivity index (χ3n) is 3.12. The van der Waals surface area contributed by atoms with Crippen molar-refractivity contribution in [1.82, 2.24) is 0 Å². The molecule has 1 aromatic carbocycles. The molecular weight excluding hydrogens is 204 g/mol. The molecule has 3 heteroatoms.